The van der Waals surface area contributed by atoms with E-state index < -0.39 is 5.82 Å². The van der Waals surface area contributed by atoms with Crippen molar-refractivity contribution in [2.24, 2.45) is 0 Å². The van der Waals surface area contributed by atoms with E-state index in [1.165, 1.54) is 23.5 Å². The van der Waals surface area contributed by atoms with Crippen LogP contribution in [0.4, 0.5) is 14.9 Å². The van der Waals surface area contributed by atoms with Crippen molar-refractivity contribution in [2.45, 2.75) is 31.7 Å². The number of urea groups is 1. The Morgan fingerprint density at radius 1 is 1.03 bits per heavy atom. The lowest BCUT2D eigenvalue weighted by atomic mass is 10.2. The molecule has 1 aliphatic carbocycles. The summed E-state index contributed by atoms with van der Waals surface area (Å²) in [4.78, 5) is 36.2. The predicted octanol–water partition coefficient (Wildman–Crippen LogP) is 5.81. The SMILES string of the molecule is O=C(Nc1ccc(Oc2ccnc3cc(-c4ccc(C(=O)N5CCCC5)cn4)sc23)c(F)c1)NC1CC1. The number of amides is 3. The smallest absolute Gasteiger partial charge is 0.319 e. The van der Waals surface area contributed by atoms with E-state index in [-0.39, 0.29) is 23.7 Å². The highest BCUT2D eigenvalue weighted by molar-refractivity contribution is 7.22. The highest BCUT2D eigenvalue weighted by Gasteiger charge is 2.23. The van der Waals surface area contributed by atoms with Crippen LogP contribution in [0.5, 0.6) is 11.5 Å². The molecule has 6 rings (SSSR count). The molecular weight excluding hydrogens is 493 g/mol. The summed E-state index contributed by atoms with van der Waals surface area (Å²) in [6.07, 6.45) is 7.24. The molecule has 4 heterocycles. The molecule has 2 aliphatic rings. The van der Waals surface area contributed by atoms with Crippen molar-refractivity contribution in [3.05, 3.63) is 66.2 Å². The number of carbonyl (C=O) groups excluding carboxylic acids is 2. The summed E-state index contributed by atoms with van der Waals surface area (Å²) in [6.45, 7) is 1.59. The maximum atomic E-state index is 14.8. The molecule has 0 bridgehead atoms. The third-order valence-corrected chi connectivity index (χ3v) is 7.52. The summed E-state index contributed by atoms with van der Waals surface area (Å²) in [5.41, 5.74) is 2.34. The molecule has 0 unspecified atom stereocenters. The Labute approximate surface area is 216 Å². The number of fused-ring (bicyclic) bond motifs is 1. The van der Waals surface area contributed by atoms with Gasteiger partial charge in [0.25, 0.3) is 5.91 Å². The number of hydrogen-bond acceptors (Lipinski definition) is 6. The van der Waals surface area contributed by atoms with Gasteiger partial charge in [-0.1, -0.05) is 0 Å². The second kappa shape index (κ2) is 9.78. The van der Waals surface area contributed by atoms with Crippen LogP contribution in [0.15, 0.2) is 54.9 Å². The molecule has 2 N–H and O–H groups in total. The maximum Gasteiger partial charge on any atom is 0.319 e. The van der Waals surface area contributed by atoms with Gasteiger partial charge in [0, 0.05) is 49.3 Å². The number of carbonyl (C=O) groups is 2. The molecule has 3 amide bonds. The normalized spacial score (nSPS) is 15.1. The van der Waals surface area contributed by atoms with Crippen LogP contribution in [0.3, 0.4) is 0 Å². The topological polar surface area (TPSA) is 96.4 Å². The number of hydrogen-bond donors (Lipinski definition) is 2. The molecule has 3 aromatic heterocycles. The zero-order valence-electron chi connectivity index (χ0n) is 19.9. The summed E-state index contributed by atoms with van der Waals surface area (Å²) in [7, 11) is 0. The second-order valence-corrected chi connectivity index (χ2v) is 10.2. The lowest BCUT2D eigenvalue weighted by Crippen LogP contribution is -2.30. The first-order valence-corrected chi connectivity index (χ1v) is 13.0. The molecule has 1 saturated carbocycles. The lowest BCUT2D eigenvalue weighted by Gasteiger charge is -2.14. The lowest BCUT2D eigenvalue weighted by molar-refractivity contribution is 0.0792. The summed E-state index contributed by atoms with van der Waals surface area (Å²) in [5, 5.41) is 5.44. The molecule has 2 fully saturated rings. The monoisotopic (exact) mass is 517 g/mol. The Kier molecular flexibility index (Phi) is 6.17. The number of halogens is 1. The largest absolute Gasteiger partial charge is 0.453 e. The van der Waals surface area contributed by atoms with Crippen LogP contribution < -0.4 is 15.4 Å². The number of thiophene rings is 1. The minimum absolute atomic E-state index is 0.0111. The van der Waals surface area contributed by atoms with E-state index >= 15 is 0 Å². The van der Waals surface area contributed by atoms with E-state index in [4.69, 9.17) is 4.74 Å². The molecule has 8 nitrogen and oxygen atoms in total. The predicted molar refractivity (Wildman–Crippen MR) is 140 cm³/mol. The van der Waals surface area contributed by atoms with Crippen LogP contribution in [-0.2, 0) is 0 Å². The number of likely N-dealkylation sites (tertiary alicyclic amines) is 1. The number of nitrogens with one attached hydrogen (secondary N) is 2. The summed E-state index contributed by atoms with van der Waals surface area (Å²) < 4.78 is 21.5. The molecule has 4 aromatic rings. The average Bonchev–Trinajstić information content (AvgIpc) is 3.36. The molecule has 1 aliphatic heterocycles. The summed E-state index contributed by atoms with van der Waals surface area (Å²) >= 11 is 1.43. The Morgan fingerprint density at radius 3 is 2.59 bits per heavy atom. The van der Waals surface area contributed by atoms with Crippen molar-refractivity contribution >= 4 is 39.2 Å². The molecule has 1 aromatic carbocycles. The fraction of sp³-hybridized carbons (Fsp3) is 0.259. The first-order chi connectivity index (χ1) is 18.0. The third-order valence-electron chi connectivity index (χ3n) is 6.35. The fourth-order valence-corrected chi connectivity index (χ4v) is 5.29. The molecule has 1 saturated heterocycles. The number of aromatic nitrogens is 2. The summed E-state index contributed by atoms with van der Waals surface area (Å²) in [6, 6.07) is 11.4. The number of pyridine rings is 2. The van der Waals surface area contributed by atoms with Gasteiger partial charge in [-0.2, -0.15) is 0 Å². The zero-order valence-corrected chi connectivity index (χ0v) is 20.7. The van der Waals surface area contributed by atoms with E-state index in [2.05, 4.69) is 20.6 Å². The van der Waals surface area contributed by atoms with Crippen molar-refractivity contribution in [3.8, 4) is 22.1 Å². The minimum atomic E-state index is -0.592. The van der Waals surface area contributed by atoms with Gasteiger partial charge in [-0.25, -0.2) is 9.18 Å². The fourth-order valence-electron chi connectivity index (χ4n) is 4.25. The van der Waals surface area contributed by atoms with Gasteiger partial charge in [-0.3, -0.25) is 14.8 Å². The highest BCUT2D eigenvalue weighted by Crippen LogP contribution is 2.39. The first-order valence-electron chi connectivity index (χ1n) is 12.2. The van der Waals surface area contributed by atoms with Crippen LogP contribution >= 0.6 is 11.3 Å². The molecule has 188 valence electrons. The van der Waals surface area contributed by atoms with E-state index in [0.29, 0.717) is 22.5 Å². The van der Waals surface area contributed by atoms with E-state index in [9.17, 15) is 14.0 Å². The van der Waals surface area contributed by atoms with Gasteiger partial charge in [-0.15, -0.1) is 11.3 Å². The Bertz CT molecular complexity index is 1480. The number of benzene rings is 1. The number of rotatable bonds is 6. The van der Waals surface area contributed by atoms with Gasteiger partial charge in [0.2, 0.25) is 0 Å². The van der Waals surface area contributed by atoms with Gasteiger partial charge < -0.3 is 20.3 Å². The maximum absolute atomic E-state index is 14.8. The van der Waals surface area contributed by atoms with Crippen LogP contribution in [0.2, 0.25) is 0 Å². The van der Waals surface area contributed by atoms with Crippen LogP contribution in [-0.4, -0.2) is 45.9 Å². The molecule has 0 atom stereocenters. The second-order valence-electron chi connectivity index (χ2n) is 9.19. The zero-order chi connectivity index (χ0) is 25.4. The Balaban J connectivity index is 1.20. The van der Waals surface area contributed by atoms with E-state index in [0.717, 1.165) is 54.0 Å². The summed E-state index contributed by atoms with van der Waals surface area (Å²) in [5.74, 6) is -0.0745. The van der Waals surface area contributed by atoms with Crippen LogP contribution in [0.25, 0.3) is 20.8 Å². The minimum Gasteiger partial charge on any atom is -0.453 e. The quantitative estimate of drug-likeness (QED) is 0.337. The van der Waals surface area contributed by atoms with E-state index in [1.807, 2.05) is 17.0 Å². The van der Waals surface area contributed by atoms with Gasteiger partial charge in [-0.05, 0) is 56.0 Å². The molecule has 10 heteroatoms. The number of anilines is 1. The van der Waals surface area contributed by atoms with Gasteiger partial charge in [0.1, 0.15) is 5.75 Å². The van der Waals surface area contributed by atoms with E-state index in [1.54, 1.807) is 30.6 Å². The third kappa shape index (κ3) is 5.10. The Morgan fingerprint density at radius 2 is 1.86 bits per heavy atom. The van der Waals surface area contributed by atoms with Crippen molar-refractivity contribution in [2.75, 3.05) is 18.4 Å². The molecule has 0 spiro atoms. The van der Waals surface area contributed by atoms with Crippen molar-refractivity contribution in [3.63, 3.8) is 0 Å². The number of nitrogens with zero attached hydrogens (tertiary/aromatic N) is 3. The number of ether oxygens (including phenoxy) is 1. The average molecular weight is 518 g/mol. The van der Waals surface area contributed by atoms with Crippen LogP contribution in [0.1, 0.15) is 36.0 Å². The Hall–Kier alpha value is -4.05. The van der Waals surface area contributed by atoms with Gasteiger partial charge in [0.05, 0.1) is 26.4 Å². The van der Waals surface area contributed by atoms with Crippen LogP contribution in [0, 0.1) is 5.82 Å². The molecule has 37 heavy (non-hydrogen) atoms. The van der Waals surface area contributed by atoms with Crippen molar-refractivity contribution in [1.82, 2.24) is 20.2 Å². The highest BCUT2D eigenvalue weighted by atomic mass is 32.1. The first kappa shape index (κ1) is 23.4. The standard InChI is InChI=1S/C27H24FN5O3S/c28-19-13-18(32-27(35)31-17-4-5-17)6-8-22(19)36-23-9-10-29-21-14-24(37-25(21)23)20-7-3-16(15-30-20)26(34)33-11-1-2-12-33/h3,6-10,13-15,17H,1-2,4-5,11-12H2,(H2,31,32,35). The van der Waals surface area contributed by atoms with Gasteiger partial charge in [0.15, 0.2) is 11.6 Å². The molecular formula is C27H24FN5O3S. The molecule has 0 radical (unpaired) electrons. The van der Waals surface area contributed by atoms with Crippen molar-refractivity contribution in [1.29, 1.82) is 0 Å². The van der Waals surface area contributed by atoms with Crippen molar-refractivity contribution < 1.29 is 18.7 Å². The van der Waals surface area contributed by atoms with Gasteiger partial charge >= 0.3 is 6.03 Å².